The first-order valence-corrected chi connectivity index (χ1v) is 6.69. The zero-order valence-corrected chi connectivity index (χ0v) is 11.0. The summed E-state index contributed by atoms with van der Waals surface area (Å²) in [5.41, 5.74) is 7.35. The highest BCUT2D eigenvalue weighted by atomic mass is 16.5. The van der Waals surface area contributed by atoms with Gasteiger partial charge in [0.15, 0.2) is 0 Å². The predicted octanol–water partition coefficient (Wildman–Crippen LogP) is 1.69. The number of nitrogens with one attached hydrogen (secondary N) is 2. The standard InChI is InChI=1S/C14H21N3O2/c15-9-11-1-3-13(4-2-11)17-14(18)16-10-12-5-7-19-8-6-12/h1-4,12H,5-10,15H2,(H2,16,17,18). The number of anilines is 1. The zero-order chi connectivity index (χ0) is 13.5. The van der Waals surface area contributed by atoms with Crippen LogP contribution in [0.4, 0.5) is 10.5 Å². The van der Waals surface area contributed by atoms with Gasteiger partial charge >= 0.3 is 6.03 Å². The first-order chi connectivity index (χ1) is 9.28. The molecule has 5 nitrogen and oxygen atoms in total. The largest absolute Gasteiger partial charge is 0.381 e. The molecule has 1 heterocycles. The highest BCUT2D eigenvalue weighted by molar-refractivity contribution is 5.89. The van der Waals surface area contributed by atoms with E-state index in [-0.39, 0.29) is 6.03 Å². The van der Waals surface area contributed by atoms with Crippen molar-refractivity contribution in [3.05, 3.63) is 29.8 Å². The smallest absolute Gasteiger partial charge is 0.319 e. The second-order valence-electron chi connectivity index (χ2n) is 4.79. The van der Waals surface area contributed by atoms with Crippen molar-refractivity contribution in [3.8, 4) is 0 Å². The fourth-order valence-electron chi connectivity index (χ4n) is 2.09. The molecule has 0 saturated carbocycles. The maximum atomic E-state index is 11.7. The van der Waals surface area contributed by atoms with Crippen molar-refractivity contribution < 1.29 is 9.53 Å². The zero-order valence-electron chi connectivity index (χ0n) is 11.0. The fraction of sp³-hybridized carbons (Fsp3) is 0.500. The van der Waals surface area contributed by atoms with Crippen LogP contribution in [-0.4, -0.2) is 25.8 Å². The number of carbonyl (C=O) groups excluding carboxylic acids is 1. The molecular weight excluding hydrogens is 242 g/mol. The van der Waals surface area contributed by atoms with Gasteiger partial charge in [-0.1, -0.05) is 12.1 Å². The molecule has 0 bridgehead atoms. The van der Waals surface area contributed by atoms with Gasteiger partial charge in [0.25, 0.3) is 0 Å². The molecule has 0 aromatic heterocycles. The molecule has 0 aliphatic carbocycles. The Morgan fingerprint density at radius 1 is 1.26 bits per heavy atom. The quantitative estimate of drug-likeness (QED) is 0.773. The van der Waals surface area contributed by atoms with E-state index in [0.29, 0.717) is 19.0 Å². The van der Waals surface area contributed by atoms with Crippen LogP contribution in [0.15, 0.2) is 24.3 Å². The predicted molar refractivity (Wildman–Crippen MR) is 74.9 cm³/mol. The van der Waals surface area contributed by atoms with E-state index in [1.165, 1.54) is 0 Å². The number of nitrogens with two attached hydrogens (primary N) is 1. The molecule has 1 fully saturated rings. The third-order valence-corrected chi connectivity index (χ3v) is 3.34. The van der Waals surface area contributed by atoms with E-state index in [2.05, 4.69) is 10.6 Å². The van der Waals surface area contributed by atoms with E-state index in [9.17, 15) is 4.79 Å². The van der Waals surface area contributed by atoms with Crippen LogP contribution >= 0.6 is 0 Å². The van der Waals surface area contributed by atoms with Gasteiger partial charge in [-0.3, -0.25) is 0 Å². The Labute approximate surface area is 113 Å². The van der Waals surface area contributed by atoms with Crippen molar-refractivity contribution in [1.29, 1.82) is 0 Å². The molecule has 1 aromatic carbocycles. The highest BCUT2D eigenvalue weighted by Crippen LogP contribution is 2.13. The Bertz CT molecular complexity index is 400. The lowest BCUT2D eigenvalue weighted by Crippen LogP contribution is -2.35. The average molecular weight is 263 g/mol. The van der Waals surface area contributed by atoms with Gasteiger partial charge in [0.2, 0.25) is 0 Å². The van der Waals surface area contributed by atoms with Crippen molar-refractivity contribution in [3.63, 3.8) is 0 Å². The van der Waals surface area contributed by atoms with Crippen molar-refractivity contribution >= 4 is 11.7 Å². The number of hydrogen-bond donors (Lipinski definition) is 3. The van der Waals surface area contributed by atoms with E-state index < -0.39 is 0 Å². The monoisotopic (exact) mass is 263 g/mol. The van der Waals surface area contributed by atoms with Gasteiger partial charge in [0, 0.05) is 32.0 Å². The van der Waals surface area contributed by atoms with Crippen LogP contribution < -0.4 is 16.4 Å². The van der Waals surface area contributed by atoms with E-state index in [0.717, 1.165) is 37.3 Å². The van der Waals surface area contributed by atoms with Crippen molar-refractivity contribution in [2.75, 3.05) is 25.1 Å². The summed E-state index contributed by atoms with van der Waals surface area (Å²) in [7, 11) is 0. The molecule has 1 aliphatic rings. The Morgan fingerprint density at radius 3 is 2.58 bits per heavy atom. The molecule has 0 radical (unpaired) electrons. The summed E-state index contributed by atoms with van der Waals surface area (Å²) in [5, 5.41) is 5.71. The van der Waals surface area contributed by atoms with Crippen LogP contribution in [-0.2, 0) is 11.3 Å². The lowest BCUT2D eigenvalue weighted by atomic mass is 10.0. The van der Waals surface area contributed by atoms with Crippen LogP contribution in [0, 0.1) is 5.92 Å². The molecule has 4 N–H and O–H groups in total. The van der Waals surface area contributed by atoms with Crippen molar-refractivity contribution in [2.45, 2.75) is 19.4 Å². The van der Waals surface area contributed by atoms with Crippen LogP contribution in [0.2, 0.25) is 0 Å². The van der Waals surface area contributed by atoms with Gasteiger partial charge in [-0.2, -0.15) is 0 Å². The number of urea groups is 1. The molecule has 0 spiro atoms. The van der Waals surface area contributed by atoms with Crippen molar-refractivity contribution in [1.82, 2.24) is 5.32 Å². The fourth-order valence-corrected chi connectivity index (χ4v) is 2.09. The first-order valence-electron chi connectivity index (χ1n) is 6.69. The molecular formula is C14H21N3O2. The number of carbonyl (C=O) groups is 1. The van der Waals surface area contributed by atoms with E-state index >= 15 is 0 Å². The second-order valence-corrected chi connectivity index (χ2v) is 4.79. The molecule has 104 valence electrons. The minimum absolute atomic E-state index is 0.160. The van der Waals surface area contributed by atoms with Gasteiger partial charge in [-0.15, -0.1) is 0 Å². The summed E-state index contributed by atoms with van der Waals surface area (Å²) < 4.78 is 5.29. The van der Waals surface area contributed by atoms with Gasteiger partial charge in [-0.05, 0) is 36.5 Å². The third kappa shape index (κ3) is 4.54. The maximum absolute atomic E-state index is 11.7. The molecule has 19 heavy (non-hydrogen) atoms. The Hall–Kier alpha value is -1.59. The molecule has 2 rings (SSSR count). The topological polar surface area (TPSA) is 76.4 Å². The molecule has 2 amide bonds. The normalized spacial score (nSPS) is 16.1. The summed E-state index contributed by atoms with van der Waals surface area (Å²) >= 11 is 0. The van der Waals surface area contributed by atoms with E-state index in [1.807, 2.05) is 24.3 Å². The Kier molecular flexibility index (Phi) is 5.18. The van der Waals surface area contributed by atoms with E-state index in [1.54, 1.807) is 0 Å². The Balaban J connectivity index is 1.73. The van der Waals surface area contributed by atoms with Crippen LogP contribution in [0.5, 0.6) is 0 Å². The number of hydrogen-bond acceptors (Lipinski definition) is 3. The van der Waals surface area contributed by atoms with Gasteiger partial charge in [-0.25, -0.2) is 4.79 Å². The van der Waals surface area contributed by atoms with Crippen molar-refractivity contribution in [2.24, 2.45) is 11.7 Å². The number of rotatable bonds is 4. The SMILES string of the molecule is NCc1ccc(NC(=O)NCC2CCOCC2)cc1. The van der Waals surface area contributed by atoms with Crippen LogP contribution in [0.25, 0.3) is 0 Å². The minimum atomic E-state index is -0.160. The third-order valence-electron chi connectivity index (χ3n) is 3.34. The van der Waals surface area contributed by atoms with Gasteiger partial charge < -0.3 is 21.1 Å². The van der Waals surface area contributed by atoms with Gasteiger partial charge in [0.05, 0.1) is 0 Å². The molecule has 5 heteroatoms. The average Bonchev–Trinajstić information content (AvgIpc) is 2.47. The van der Waals surface area contributed by atoms with Crippen LogP contribution in [0.3, 0.4) is 0 Å². The summed E-state index contributed by atoms with van der Waals surface area (Å²) in [6.07, 6.45) is 2.04. The van der Waals surface area contributed by atoms with Crippen LogP contribution in [0.1, 0.15) is 18.4 Å². The second kappa shape index (κ2) is 7.11. The van der Waals surface area contributed by atoms with Gasteiger partial charge in [0.1, 0.15) is 0 Å². The summed E-state index contributed by atoms with van der Waals surface area (Å²) in [5.74, 6) is 0.527. The number of ether oxygens (including phenoxy) is 1. The maximum Gasteiger partial charge on any atom is 0.319 e. The number of benzene rings is 1. The molecule has 0 atom stereocenters. The lowest BCUT2D eigenvalue weighted by molar-refractivity contribution is 0.0671. The number of amides is 2. The molecule has 1 aliphatic heterocycles. The summed E-state index contributed by atoms with van der Waals surface area (Å²) in [6, 6.07) is 7.38. The summed E-state index contributed by atoms with van der Waals surface area (Å²) in [6.45, 7) is 2.81. The summed E-state index contributed by atoms with van der Waals surface area (Å²) in [4.78, 5) is 11.7. The lowest BCUT2D eigenvalue weighted by Gasteiger charge is -2.22. The first kappa shape index (κ1) is 13.8. The molecule has 1 aromatic rings. The molecule has 1 saturated heterocycles. The Morgan fingerprint density at radius 2 is 1.95 bits per heavy atom. The van der Waals surface area contributed by atoms with E-state index in [4.69, 9.17) is 10.5 Å². The highest BCUT2D eigenvalue weighted by Gasteiger charge is 2.14. The molecule has 0 unspecified atom stereocenters. The minimum Gasteiger partial charge on any atom is -0.381 e.